The quantitative estimate of drug-likeness (QED) is 0.430. The monoisotopic (exact) mass is 470 g/mol. The van der Waals surface area contributed by atoms with E-state index in [1.165, 1.54) is 44.9 Å². The molecule has 0 aromatic rings. The van der Waals surface area contributed by atoms with Crippen LogP contribution >= 0.6 is 0 Å². The first-order chi connectivity index (χ1) is 15.8. The smallest absolute Gasteiger partial charge is 0.0543 e. The van der Waals surface area contributed by atoms with Gasteiger partial charge in [0.2, 0.25) is 0 Å². The molecule has 4 aliphatic carbocycles. The average molecular weight is 471 g/mol. The number of ether oxygens (including phenoxy) is 1. The predicted molar refractivity (Wildman–Crippen MR) is 144 cm³/mol. The molecule has 0 radical (unpaired) electrons. The lowest BCUT2D eigenvalue weighted by Crippen LogP contribution is -2.54. The first kappa shape index (κ1) is 32.9. The molecule has 3 nitrogen and oxygen atoms in total. The highest BCUT2D eigenvalue weighted by atomic mass is 16.4. The second-order valence-corrected chi connectivity index (χ2v) is 10.9. The molecule has 0 bridgehead atoms. The lowest BCUT2D eigenvalue weighted by Gasteiger charge is -2.61. The molecular formula is C30H62O3. The molecule has 4 saturated carbocycles. The molecule has 200 valence electrons. The van der Waals surface area contributed by atoms with E-state index < -0.39 is 0 Å². The highest BCUT2D eigenvalue weighted by molar-refractivity contribution is 5.09. The van der Waals surface area contributed by atoms with Gasteiger partial charge in [0.05, 0.1) is 6.10 Å². The maximum atomic E-state index is 10.1. The van der Waals surface area contributed by atoms with E-state index >= 15 is 0 Å². The average Bonchev–Trinajstić information content (AvgIpc) is 3.20. The first-order valence-electron chi connectivity index (χ1n) is 14.5. The van der Waals surface area contributed by atoms with Crippen molar-refractivity contribution in [1.82, 2.24) is 0 Å². The van der Waals surface area contributed by atoms with E-state index in [-0.39, 0.29) is 6.10 Å². The Labute approximate surface area is 208 Å². The maximum absolute atomic E-state index is 10.1. The van der Waals surface area contributed by atoms with Gasteiger partial charge >= 0.3 is 0 Å². The summed E-state index contributed by atoms with van der Waals surface area (Å²) >= 11 is 0. The van der Waals surface area contributed by atoms with Gasteiger partial charge in [-0.15, -0.1) is 0 Å². The fourth-order valence-corrected chi connectivity index (χ4v) is 8.34. The maximum Gasteiger partial charge on any atom is 0.0543 e. The number of aliphatic hydroxyl groups excluding tert-OH is 2. The number of fused-ring (bicyclic) bond motifs is 5. The Bertz CT molecular complexity index is 495. The van der Waals surface area contributed by atoms with Gasteiger partial charge in [0.1, 0.15) is 0 Å². The second kappa shape index (κ2) is 15.8. The van der Waals surface area contributed by atoms with Gasteiger partial charge < -0.3 is 14.9 Å². The molecule has 9 atom stereocenters. The minimum Gasteiger partial charge on any atom is -0.396 e. The van der Waals surface area contributed by atoms with E-state index in [0.29, 0.717) is 23.4 Å². The van der Waals surface area contributed by atoms with Crippen molar-refractivity contribution in [2.24, 2.45) is 46.3 Å². The third kappa shape index (κ3) is 6.98. The molecule has 0 saturated heterocycles. The van der Waals surface area contributed by atoms with Gasteiger partial charge in [0, 0.05) is 20.8 Å². The van der Waals surface area contributed by atoms with Gasteiger partial charge in [-0.2, -0.15) is 0 Å². The van der Waals surface area contributed by atoms with Crippen LogP contribution in [0.1, 0.15) is 120 Å². The van der Waals surface area contributed by atoms with Gasteiger partial charge in [0.15, 0.2) is 0 Å². The van der Waals surface area contributed by atoms with Crippen LogP contribution < -0.4 is 0 Å². The number of rotatable bonds is 2. The van der Waals surface area contributed by atoms with E-state index in [9.17, 15) is 10.2 Å². The topological polar surface area (TPSA) is 49.7 Å². The van der Waals surface area contributed by atoms with Crippen LogP contribution in [0.15, 0.2) is 0 Å². The summed E-state index contributed by atoms with van der Waals surface area (Å²) < 4.78 is 4.25. The lowest BCUT2D eigenvalue weighted by molar-refractivity contribution is -0.130. The van der Waals surface area contributed by atoms with E-state index in [2.05, 4.69) is 25.5 Å². The zero-order valence-corrected chi connectivity index (χ0v) is 24.4. The number of aliphatic hydroxyl groups is 2. The van der Waals surface area contributed by atoms with Crippen LogP contribution in [0.25, 0.3) is 0 Å². The minimum atomic E-state index is -0.0326. The van der Waals surface area contributed by atoms with Crippen molar-refractivity contribution >= 4 is 0 Å². The van der Waals surface area contributed by atoms with Crippen LogP contribution in [-0.2, 0) is 4.74 Å². The Kier molecular flexibility index (Phi) is 15.7. The van der Waals surface area contributed by atoms with E-state index in [4.69, 9.17) is 0 Å². The molecule has 0 aromatic heterocycles. The van der Waals surface area contributed by atoms with Gasteiger partial charge in [0.25, 0.3) is 0 Å². The molecule has 0 amide bonds. The summed E-state index contributed by atoms with van der Waals surface area (Å²) in [5.74, 6) is 4.65. The fraction of sp³-hybridized carbons (Fsp3) is 1.00. The standard InChI is InChI=1S/C22H38O2.C2H6O.3C2H6/c1-14(13-23)18-6-7-19-17-5-4-15-12-16(24)8-10-21(15,2)20(17)9-11-22(18,19)3;1-3-2;3*1-2/h14-20,23-24H,4-13H2,1-3H3;1-2H3;3*1-2H3/t14-,15?,16?,17?,18?,19?,20?,21?,22?;;;;/m1..../s1. The molecule has 0 aromatic carbocycles. The summed E-state index contributed by atoms with van der Waals surface area (Å²) in [6.45, 7) is 19.8. The molecule has 0 spiro atoms. The highest BCUT2D eigenvalue weighted by Gasteiger charge is 2.60. The Morgan fingerprint density at radius 3 is 1.85 bits per heavy atom. The third-order valence-electron chi connectivity index (χ3n) is 9.69. The summed E-state index contributed by atoms with van der Waals surface area (Å²) in [6, 6.07) is 0. The van der Waals surface area contributed by atoms with Gasteiger partial charge in [-0.25, -0.2) is 0 Å². The number of hydrogen-bond acceptors (Lipinski definition) is 3. The van der Waals surface area contributed by atoms with Crippen LogP contribution in [0.5, 0.6) is 0 Å². The first-order valence-corrected chi connectivity index (χ1v) is 14.5. The van der Waals surface area contributed by atoms with Crippen LogP contribution in [0.3, 0.4) is 0 Å². The van der Waals surface area contributed by atoms with Crippen molar-refractivity contribution in [2.45, 2.75) is 126 Å². The van der Waals surface area contributed by atoms with Crippen molar-refractivity contribution in [1.29, 1.82) is 0 Å². The summed E-state index contributed by atoms with van der Waals surface area (Å²) in [6.07, 6.45) is 11.6. The molecule has 2 N–H and O–H groups in total. The van der Waals surface area contributed by atoms with Crippen molar-refractivity contribution in [3.8, 4) is 0 Å². The molecule has 4 fully saturated rings. The van der Waals surface area contributed by atoms with Gasteiger partial charge in [-0.3, -0.25) is 0 Å². The molecule has 4 rings (SSSR count). The van der Waals surface area contributed by atoms with E-state index in [0.717, 1.165) is 42.4 Å². The molecule has 8 unspecified atom stereocenters. The van der Waals surface area contributed by atoms with Crippen LogP contribution in [0, 0.1) is 46.3 Å². The van der Waals surface area contributed by atoms with Gasteiger partial charge in [-0.1, -0.05) is 62.3 Å². The van der Waals surface area contributed by atoms with E-state index in [1.807, 2.05) is 41.5 Å². The second-order valence-electron chi connectivity index (χ2n) is 10.9. The zero-order chi connectivity index (χ0) is 25.8. The molecule has 33 heavy (non-hydrogen) atoms. The SMILES string of the molecule is CC.CC.CC.COC.C[C@H](CO)C1CCC2C3CCC4CC(O)CCC4(C)C3CCC21C. The van der Waals surface area contributed by atoms with E-state index in [1.54, 1.807) is 14.2 Å². The summed E-state index contributed by atoms with van der Waals surface area (Å²) in [5, 5.41) is 19.9. The summed E-state index contributed by atoms with van der Waals surface area (Å²) in [5.41, 5.74) is 0.963. The number of hydrogen-bond donors (Lipinski definition) is 2. The Morgan fingerprint density at radius 2 is 1.30 bits per heavy atom. The zero-order valence-electron chi connectivity index (χ0n) is 24.4. The molecule has 4 aliphatic rings. The molecule has 3 heteroatoms. The Balaban J connectivity index is 0.00000101. The van der Waals surface area contributed by atoms with Gasteiger partial charge in [-0.05, 0) is 104 Å². The van der Waals surface area contributed by atoms with Crippen molar-refractivity contribution < 1.29 is 14.9 Å². The summed E-state index contributed by atoms with van der Waals surface area (Å²) in [4.78, 5) is 0. The molecule has 0 heterocycles. The van der Waals surface area contributed by atoms with Crippen LogP contribution in [0.4, 0.5) is 0 Å². The largest absolute Gasteiger partial charge is 0.396 e. The van der Waals surface area contributed by atoms with Crippen molar-refractivity contribution in [3.63, 3.8) is 0 Å². The normalized spacial score (nSPS) is 41.4. The predicted octanol–water partition coefficient (Wildman–Crippen LogP) is 7.98. The van der Waals surface area contributed by atoms with Crippen molar-refractivity contribution in [3.05, 3.63) is 0 Å². The Morgan fingerprint density at radius 1 is 0.788 bits per heavy atom. The van der Waals surface area contributed by atoms with Crippen LogP contribution in [-0.4, -0.2) is 37.1 Å². The highest BCUT2D eigenvalue weighted by Crippen LogP contribution is 2.68. The lowest BCUT2D eigenvalue weighted by atomic mass is 9.44. The Hall–Kier alpha value is -0.120. The van der Waals surface area contributed by atoms with Crippen LogP contribution in [0.2, 0.25) is 0 Å². The minimum absolute atomic E-state index is 0.0326. The number of methoxy groups -OCH3 is 1. The molecule has 0 aliphatic heterocycles. The third-order valence-corrected chi connectivity index (χ3v) is 9.69. The summed E-state index contributed by atoms with van der Waals surface area (Å²) in [7, 11) is 3.25. The fourth-order valence-electron chi connectivity index (χ4n) is 8.34. The van der Waals surface area contributed by atoms with Crippen molar-refractivity contribution in [2.75, 3.05) is 20.8 Å². The molecular weight excluding hydrogens is 408 g/mol.